The van der Waals surface area contributed by atoms with Crippen LogP contribution in [0.15, 0.2) is 24.3 Å². The molecule has 3 heteroatoms. The fraction of sp³-hybridized carbons (Fsp3) is 0.400. The van der Waals surface area contributed by atoms with Crippen LogP contribution in [-0.2, 0) is 12.8 Å². The van der Waals surface area contributed by atoms with Gasteiger partial charge in [0.05, 0.1) is 10.7 Å². The van der Waals surface area contributed by atoms with E-state index in [1.165, 1.54) is 33.1 Å². The number of aryl methyl sites for hydroxylation is 2. The number of thiazole rings is 1. The Morgan fingerprint density at radius 1 is 1.44 bits per heavy atom. The van der Waals surface area contributed by atoms with Gasteiger partial charge in [-0.15, -0.1) is 11.3 Å². The summed E-state index contributed by atoms with van der Waals surface area (Å²) >= 11 is 1.81. The Morgan fingerprint density at radius 3 is 3.11 bits per heavy atom. The average Bonchev–Trinajstić information content (AvgIpc) is 2.73. The van der Waals surface area contributed by atoms with E-state index in [0.717, 1.165) is 19.3 Å². The third-order valence-electron chi connectivity index (χ3n) is 3.48. The summed E-state index contributed by atoms with van der Waals surface area (Å²) < 4.78 is 0. The summed E-state index contributed by atoms with van der Waals surface area (Å²) in [7, 11) is 0. The van der Waals surface area contributed by atoms with E-state index < -0.39 is 0 Å². The van der Waals surface area contributed by atoms with Crippen LogP contribution in [0.25, 0.3) is 0 Å². The van der Waals surface area contributed by atoms with Crippen LogP contribution >= 0.6 is 11.3 Å². The first-order valence-corrected chi connectivity index (χ1v) is 7.33. The average molecular weight is 258 g/mol. The van der Waals surface area contributed by atoms with E-state index in [0.29, 0.717) is 0 Å². The Bertz CT molecular complexity index is 559. The van der Waals surface area contributed by atoms with Crippen molar-refractivity contribution < 1.29 is 0 Å². The minimum Gasteiger partial charge on any atom is -0.323 e. The number of nitrogens with two attached hydrogens (primary N) is 1. The Balaban J connectivity index is 1.85. The molecule has 2 N–H and O–H groups in total. The van der Waals surface area contributed by atoms with Crippen molar-refractivity contribution >= 4 is 11.3 Å². The molecule has 94 valence electrons. The number of fused-ring (bicyclic) bond motifs is 1. The van der Waals surface area contributed by atoms with Crippen molar-refractivity contribution in [1.29, 1.82) is 0 Å². The Labute approximate surface area is 112 Å². The molecule has 1 heterocycles. The first-order chi connectivity index (χ1) is 8.72. The molecule has 0 saturated carbocycles. The highest BCUT2D eigenvalue weighted by molar-refractivity contribution is 7.11. The number of nitrogens with zero attached hydrogens (tertiary/aromatic N) is 1. The maximum atomic E-state index is 6.15. The SMILES string of the molecule is Cc1cccc(Cc2nc3c(s2)C(N)CCC3)c1. The first kappa shape index (κ1) is 11.9. The molecule has 1 aromatic carbocycles. The fourth-order valence-corrected chi connectivity index (χ4v) is 3.76. The molecule has 2 aromatic rings. The van der Waals surface area contributed by atoms with Gasteiger partial charge in [-0.3, -0.25) is 0 Å². The lowest BCUT2D eigenvalue weighted by Crippen LogP contribution is -2.15. The topological polar surface area (TPSA) is 38.9 Å². The number of rotatable bonds is 2. The molecule has 0 bridgehead atoms. The van der Waals surface area contributed by atoms with Gasteiger partial charge < -0.3 is 5.73 Å². The van der Waals surface area contributed by atoms with Gasteiger partial charge in [0.1, 0.15) is 0 Å². The predicted molar refractivity (Wildman–Crippen MR) is 76.0 cm³/mol. The smallest absolute Gasteiger partial charge is 0.0975 e. The lowest BCUT2D eigenvalue weighted by molar-refractivity contribution is 0.573. The molecule has 1 aliphatic carbocycles. The zero-order chi connectivity index (χ0) is 12.5. The molecule has 0 radical (unpaired) electrons. The molecule has 1 atom stereocenters. The summed E-state index contributed by atoms with van der Waals surface area (Å²) in [6.07, 6.45) is 4.33. The van der Waals surface area contributed by atoms with Crippen molar-refractivity contribution in [1.82, 2.24) is 4.98 Å². The van der Waals surface area contributed by atoms with E-state index in [1.807, 2.05) is 11.3 Å². The highest BCUT2D eigenvalue weighted by Crippen LogP contribution is 2.33. The summed E-state index contributed by atoms with van der Waals surface area (Å²) in [4.78, 5) is 6.09. The van der Waals surface area contributed by atoms with Crippen molar-refractivity contribution in [2.24, 2.45) is 5.73 Å². The highest BCUT2D eigenvalue weighted by atomic mass is 32.1. The van der Waals surface area contributed by atoms with Crippen LogP contribution in [0.4, 0.5) is 0 Å². The van der Waals surface area contributed by atoms with Crippen molar-refractivity contribution in [3.05, 3.63) is 51.0 Å². The summed E-state index contributed by atoms with van der Waals surface area (Å²) in [5.74, 6) is 0. The molecule has 0 saturated heterocycles. The number of hydrogen-bond acceptors (Lipinski definition) is 3. The molecule has 1 aromatic heterocycles. The zero-order valence-electron chi connectivity index (χ0n) is 10.6. The second kappa shape index (κ2) is 4.82. The Hall–Kier alpha value is -1.19. The minimum absolute atomic E-state index is 0.220. The van der Waals surface area contributed by atoms with Crippen molar-refractivity contribution in [3.63, 3.8) is 0 Å². The summed E-state index contributed by atoms with van der Waals surface area (Å²) in [5.41, 5.74) is 10.1. The lowest BCUT2D eigenvalue weighted by atomic mass is 9.99. The van der Waals surface area contributed by atoms with Gasteiger partial charge in [-0.25, -0.2) is 4.98 Å². The van der Waals surface area contributed by atoms with Gasteiger partial charge in [0.15, 0.2) is 0 Å². The zero-order valence-corrected chi connectivity index (χ0v) is 11.5. The quantitative estimate of drug-likeness (QED) is 0.897. The maximum absolute atomic E-state index is 6.15. The van der Waals surface area contributed by atoms with Gasteiger partial charge in [0, 0.05) is 17.3 Å². The molecule has 0 spiro atoms. The second-order valence-corrected chi connectivity index (χ2v) is 6.20. The molecule has 1 unspecified atom stereocenters. The first-order valence-electron chi connectivity index (χ1n) is 6.52. The normalized spacial score (nSPS) is 18.7. The summed E-state index contributed by atoms with van der Waals surface area (Å²) in [5, 5.41) is 1.21. The number of aromatic nitrogens is 1. The number of hydrogen-bond donors (Lipinski definition) is 1. The minimum atomic E-state index is 0.220. The third-order valence-corrected chi connectivity index (χ3v) is 4.70. The van der Waals surface area contributed by atoms with Crippen molar-refractivity contribution in [2.45, 2.75) is 38.6 Å². The molecular formula is C15H18N2S. The predicted octanol–water partition coefficient (Wildman–Crippen LogP) is 3.38. The molecule has 1 aliphatic rings. The van der Waals surface area contributed by atoms with Gasteiger partial charge >= 0.3 is 0 Å². The monoisotopic (exact) mass is 258 g/mol. The Morgan fingerprint density at radius 2 is 2.33 bits per heavy atom. The number of benzene rings is 1. The molecule has 0 amide bonds. The molecular weight excluding hydrogens is 240 g/mol. The van der Waals surface area contributed by atoms with E-state index in [4.69, 9.17) is 10.7 Å². The van der Waals surface area contributed by atoms with Crippen molar-refractivity contribution in [3.8, 4) is 0 Å². The van der Waals surface area contributed by atoms with Crippen LogP contribution in [0.2, 0.25) is 0 Å². The molecule has 0 aliphatic heterocycles. The maximum Gasteiger partial charge on any atom is 0.0975 e. The lowest BCUT2D eigenvalue weighted by Gasteiger charge is -2.15. The van der Waals surface area contributed by atoms with Gasteiger partial charge in [-0.2, -0.15) is 0 Å². The van der Waals surface area contributed by atoms with E-state index in [2.05, 4.69) is 31.2 Å². The van der Waals surface area contributed by atoms with Crippen LogP contribution in [0.3, 0.4) is 0 Å². The summed E-state index contributed by atoms with van der Waals surface area (Å²) in [6.45, 7) is 2.13. The van der Waals surface area contributed by atoms with Crippen LogP contribution in [-0.4, -0.2) is 4.98 Å². The summed E-state index contributed by atoms with van der Waals surface area (Å²) in [6, 6.07) is 8.88. The van der Waals surface area contributed by atoms with Crippen molar-refractivity contribution in [2.75, 3.05) is 0 Å². The van der Waals surface area contributed by atoms with Gasteiger partial charge in [-0.05, 0) is 31.7 Å². The van der Waals surface area contributed by atoms with Crippen LogP contribution in [0.1, 0.15) is 45.6 Å². The van der Waals surface area contributed by atoms with Gasteiger partial charge in [0.25, 0.3) is 0 Å². The van der Waals surface area contributed by atoms with E-state index >= 15 is 0 Å². The van der Waals surface area contributed by atoms with Crippen LogP contribution in [0.5, 0.6) is 0 Å². The molecule has 0 fully saturated rings. The van der Waals surface area contributed by atoms with E-state index in [1.54, 1.807) is 0 Å². The largest absolute Gasteiger partial charge is 0.323 e. The highest BCUT2D eigenvalue weighted by Gasteiger charge is 2.21. The van der Waals surface area contributed by atoms with Crippen LogP contribution < -0.4 is 5.73 Å². The second-order valence-electron chi connectivity index (χ2n) is 5.08. The third kappa shape index (κ3) is 2.33. The fourth-order valence-electron chi connectivity index (χ4n) is 2.58. The molecule has 3 rings (SSSR count). The van der Waals surface area contributed by atoms with Crippen LogP contribution in [0, 0.1) is 6.92 Å². The standard InChI is InChI=1S/C15H18N2S/c1-10-4-2-5-11(8-10)9-14-17-13-7-3-6-12(16)15(13)18-14/h2,4-5,8,12H,3,6-7,9,16H2,1H3. The van der Waals surface area contributed by atoms with Gasteiger partial charge in [-0.1, -0.05) is 29.8 Å². The molecule has 18 heavy (non-hydrogen) atoms. The van der Waals surface area contributed by atoms with E-state index in [-0.39, 0.29) is 6.04 Å². The molecule has 2 nitrogen and oxygen atoms in total. The van der Waals surface area contributed by atoms with E-state index in [9.17, 15) is 0 Å². The van der Waals surface area contributed by atoms with Gasteiger partial charge in [0.2, 0.25) is 0 Å². The Kier molecular flexibility index (Phi) is 3.18.